The quantitative estimate of drug-likeness (QED) is 0.528. The second-order valence-corrected chi connectivity index (χ2v) is 2.70. The molecule has 4 nitrogen and oxygen atoms in total. The van der Waals surface area contributed by atoms with E-state index in [9.17, 15) is 4.79 Å². The summed E-state index contributed by atoms with van der Waals surface area (Å²) in [5.41, 5.74) is -1.30. The highest BCUT2D eigenvalue weighted by atomic mass is 16.6. The van der Waals surface area contributed by atoms with Crippen LogP contribution in [0.3, 0.4) is 0 Å². The Balaban J connectivity index is 2.89. The number of hydrogen-bond donors (Lipinski definition) is 1. The van der Waals surface area contributed by atoms with E-state index in [0.29, 0.717) is 0 Å². The van der Waals surface area contributed by atoms with E-state index in [1.165, 1.54) is 26.2 Å². The van der Waals surface area contributed by atoms with Gasteiger partial charge in [0.25, 0.3) is 0 Å². The maximum Gasteiger partial charge on any atom is 0.199 e. The van der Waals surface area contributed by atoms with Gasteiger partial charge in [0.15, 0.2) is 17.7 Å². The average Bonchev–Trinajstić information content (AvgIpc) is 2.09. The smallest absolute Gasteiger partial charge is 0.199 e. The van der Waals surface area contributed by atoms with Crippen LogP contribution in [-0.2, 0) is 14.3 Å². The molecule has 13 heavy (non-hydrogen) atoms. The first-order valence-corrected chi connectivity index (χ1v) is 3.72. The number of ether oxygens (including phenoxy) is 2. The van der Waals surface area contributed by atoms with Crippen LogP contribution in [0, 0.1) is 12.0 Å². The molecule has 0 saturated heterocycles. The Morgan fingerprint density at radius 1 is 1.77 bits per heavy atom. The molecule has 0 unspecified atom stereocenters. The van der Waals surface area contributed by atoms with Crippen molar-refractivity contribution in [2.75, 3.05) is 7.11 Å². The lowest BCUT2D eigenvalue weighted by molar-refractivity contribution is -0.159. The van der Waals surface area contributed by atoms with Gasteiger partial charge in [0, 0.05) is 0 Å². The zero-order valence-electron chi connectivity index (χ0n) is 7.40. The molecule has 4 heteroatoms. The van der Waals surface area contributed by atoms with E-state index in [1.54, 1.807) is 0 Å². The Bertz CT molecular complexity index is 296. The van der Waals surface area contributed by atoms with E-state index in [-0.39, 0.29) is 5.78 Å². The van der Waals surface area contributed by atoms with Crippen molar-refractivity contribution in [3.8, 4) is 12.0 Å². The average molecular weight is 182 g/mol. The van der Waals surface area contributed by atoms with Crippen LogP contribution in [-0.4, -0.2) is 29.9 Å². The number of carbonyl (C=O) groups is 1. The standard InChI is InChI=1S/C9H10O4/c1-9(5-6-12-2)7(10)3-4-8(11)13-9/h3-4,8,11H,1-2H3/t8-,9+/m0/s1. The van der Waals surface area contributed by atoms with Gasteiger partial charge in [-0.3, -0.25) is 4.79 Å². The maximum atomic E-state index is 11.3. The van der Waals surface area contributed by atoms with Crippen LogP contribution < -0.4 is 0 Å². The predicted octanol–water partition coefficient (Wildman–Crippen LogP) is -0.174. The first kappa shape index (κ1) is 9.78. The number of carbonyl (C=O) groups excluding carboxylic acids is 1. The van der Waals surface area contributed by atoms with Crippen LogP contribution in [0.1, 0.15) is 6.92 Å². The third-order valence-corrected chi connectivity index (χ3v) is 1.63. The molecule has 1 aliphatic rings. The van der Waals surface area contributed by atoms with E-state index in [4.69, 9.17) is 9.84 Å². The second-order valence-electron chi connectivity index (χ2n) is 2.70. The molecule has 1 heterocycles. The van der Waals surface area contributed by atoms with Gasteiger partial charge >= 0.3 is 0 Å². The lowest BCUT2D eigenvalue weighted by Crippen LogP contribution is -2.42. The van der Waals surface area contributed by atoms with Crippen molar-refractivity contribution in [1.82, 2.24) is 0 Å². The molecule has 0 aromatic rings. The van der Waals surface area contributed by atoms with Crippen LogP contribution in [0.2, 0.25) is 0 Å². The molecular formula is C9H10O4. The Morgan fingerprint density at radius 2 is 2.46 bits per heavy atom. The Kier molecular flexibility index (Phi) is 2.71. The summed E-state index contributed by atoms with van der Waals surface area (Å²) in [4.78, 5) is 11.3. The van der Waals surface area contributed by atoms with Crippen molar-refractivity contribution < 1.29 is 19.4 Å². The summed E-state index contributed by atoms with van der Waals surface area (Å²) in [5, 5.41) is 9.09. The molecule has 0 radical (unpaired) electrons. The van der Waals surface area contributed by atoms with E-state index in [1.807, 2.05) is 0 Å². The number of hydrogen-bond acceptors (Lipinski definition) is 4. The van der Waals surface area contributed by atoms with Gasteiger partial charge in [-0.25, -0.2) is 0 Å². The molecule has 1 aliphatic heterocycles. The van der Waals surface area contributed by atoms with E-state index >= 15 is 0 Å². The zero-order valence-corrected chi connectivity index (χ0v) is 7.40. The number of methoxy groups -OCH3 is 1. The van der Waals surface area contributed by atoms with Crippen LogP contribution in [0.5, 0.6) is 0 Å². The Hall–Kier alpha value is -1.31. The summed E-state index contributed by atoms with van der Waals surface area (Å²) in [7, 11) is 1.38. The van der Waals surface area contributed by atoms with Crippen molar-refractivity contribution in [2.24, 2.45) is 0 Å². The minimum Gasteiger partial charge on any atom is -0.450 e. The van der Waals surface area contributed by atoms with Gasteiger partial charge in [-0.15, -0.1) is 0 Å². The van der Waals surface area contributed by atoms with Crippen molar-refractivity contribution in [3.63, 3.8) is 0 Å². The normalized spacial score (nSPS) is 32.2. The summed E-state index contributed by atoms with van der Waals surface area (Å²) >= 11 is 0. The van der Waals surface area contributed by atoms with Gasteiger partial charge < -0.3 is 14.6 Å². The van der Waals surface area contributed by atoms with Gasteiger partial charge in [-0.05, 0) is 25.0 Å². The third kappa shape index (κ3) is 2.08. The molecule has 0 aliphatic carbocycles. The van der Waals surface area contributed by atoms with Crippen molar-refractivity contribution in [2.45, 2.75) is 18.8 Å². The third-order valence-electron chi connectivity index (χ3n) is 1.63. The zero-order chi connectivity index (χ0) is 9.90. The van der Waals surface area contributed by atoms with Gasteiger partial charge in [0.2, 0.25) is 0 Å². The fourth-order valence-corrected chi connectivity index (χ4v) is 0.907. The molecule has 0 spiro atoms. The SMILES string of the molecule is COC#C[C@@]1(C)O[C@H](O)C=CC1=O. The second kappa shape index (κ2) is 3.60. The Labute approximate surface area is 76.1 Å². The largest absolute Gasteiger partial charge is 0.450 e. The molecule has 0 aromatic heterocycles. The molecule has 0 bridgehead atoms. The minimum atomic E-state index is -1.30. The lowest BCUT2D eigenvalue weighted by Gasteiger charge is -2.26. The summed E-state index contributed by atoms with van der Waals surface area (Å²) < 4.78 is 9.45. The number of ketones is 1. The van der Waals surface area contributed by atoms with Crippen molar-refractivity contribution >= 4 is 5.78 Å². The Morgan fingerprint density at radius 3 is 3.08 bits per heavy atom. The van der Waals surface area contributed by atoms with Gasteiger partial charge in [-0.2, -0.15) is 0 Å². The van der Waals surface area contributed by atoms with Crippen LogP contribution in [0.25, 0.3) is 0 Å². The molecule has 0 aromatic carbocycles. The highest BCUT2D eigenvalue weighted by molar-refractivity contribution is 6.00. The molecule has 2 atom stereocenters. The fourth-order valence-electron chi connectivity index (χ4n) is 0.907. The van der Waals surface area contributed by atoms with Crippen molar-refractivity contribution in [3.05, 3.63) is 12.2 Å². The van der Waals surface area contributed by atoms with E-state index in [2.05, 4.69) is 16.8 Å². The number of rotatable bonds is 0. The first-order valence-electron chi connectivity index (χ1n) is 3.72. The van der Waals surface area contributed by atoms with E-state index in [0.717, 1.165) is 0 Å². The summed E-state index contributed by atoms with van der Waals surface area (Å²) in [6.07, 6.45) is 3.69. The molecular weight excluding hydrogens is 172 g/mol. The summed E-state index contributed by atoms with van der Waals surface area (Å²) in [6.45, 7) is 1.48. The van der Waals surface area contributed by atoms with Crippen molar-refractivity contribution in [1.29, 1.82) is 0 Å². The van der Waals surface area contributed by atoms with E-state index < -0.39 is 11.9 Å². The monoisotopic (exact) mass is 182 g/mol. The minimum absolute atomic E-state index is 0.303. The topological polar surface area (TPSA) is 55.8 Å². The molecule has 0 fully saturated rings. The first-order chi connectivity index (χ1) is 6.08. The highest BCUT2D eigenvalue weighted by Crippen LogP contribution is 2.18. The maximum absolute atomic E-state index is 11.3. The van der Waals surface area contributed by atoms with Gasteiger partial charge in [-0.1, -0.05) is 0 Å². The molecule has 70 valence electrons. The predicted molar refractivity (Wildman–Crippen MR) is 44.4 cm³/mol. The van der Waals surface area contributed by atoms with Crippen LogP contribution in [0.15, 0.2) is 12.2 Å². The molecule has 0 saturated carbocycles. The highest BCUT2D eigenvalue weighted by Gasteiger charge is 2.35. The molecule has 1 N–H and O–H groups in total. The number of aliphatic hydroxyl groups is 1. The summed E-state index contributed by atoms with van der Waals surface area (Å²) in [5.74, 6) is 2.17. The summed E-state index contributed by atoms with van der Waals surface area (Å²) in [6, 6.07) is 0. The van der Waals surface area contributed by atoms with Gasteiger partial charge in [0.05, 0.1) is 7.11 Å². The fraction of sp³-hybridized carbons (Fsp3) is 0.444. The van der Waals surface area contributed by atoms with Crippen LogP contribution >= 0.6 is 0 Å². The lowest BCUT2D eigenvalue weighted by atomic mass is 9.99. The number of aliphatic hydroxyl groups excluding tert-OH is 1. The van der Waals surface area contributed by atoms with Gasteiger partial charge in [0.1, 0.15) is 6.11 Å². The molecule has 0 amide bonds. The van der Waals surface area contributed by atoms with Crippen LogP contribution in [0.4, 0.5) is 0 Å². The molecule has 1 rings (SSSR count).